The number of carbonyl (C=O) groups is 1. The number of Topliss-reactive ketones (excluding diaryl/α,β-unsaturated/α-hetero) is 1. The first-order chi connectivity index (χ1) is 10.0. The molecular weight excluding hydrogens is 274 g/mol. The summed E-state index contributed by atoms with van der Waals surface area (Å²) in [5, 5.41) is 8.73. The van der Waals surface area contributed by atoms with Gasteiger partial charge in [0.25, 0.3) is 0 Å². The predicted octanol–water partition coefficient (Wildman–Crippen LogP) is 3.16. The second kappa shape index (κ2) is 6.14. The zero-order valence-corrected chi connectivity index (χ0v) is 11.3. The third kappa shape index (κ3) is 3.42. The van der Waals surface area contributed by atoms with Crippen LogP contribution in [0.4, 0.5) is 14.5 Å². The Labute approximate surface area is 121 Å². The van der Waals surface area contributed by atoms with E-state index >= 15 is 0 Å². The summed E-state index contributed by atoms with van der Waals surface area (Å²) in [5.74, 6) is -2.34. The molecule has 2 aromatic rings. The van der Waals surface area contributed by atoms with Crippen LogP contribution in [-0.4, -0.2) is 19.4 Å². The van der Waals surface area contributed by atoms with Crippen LogP contribution in [0.3, 0.4) is 0 Å². The minimum absolute atomic E-state index is 0.0248. The van der Waals surface area contributed by atoms with Gasteiger partial charge in [0.15, 0.2) is 17.4 Å². The molecule has 21 heavy (non-hydrogen) atoms. The maximum atomic E-state index is 13.1. The van der Waals surface area contributed by atoms with Crippen molar-refractivity contribution in [3.63, 3.8) is 0 Å². The van der Waals surface area contributed by atoms with Crippen molar-refractivity contribution >= 4 is 11.5 Å². The number of hydrogen-bond acceptors (Lipinski definition) is 3. The predicted molar refractivity (Wildman–Crippen MR) is 75.1 cm³/mol. The van der Waals surface area contributed by atoms with Crippen LogP contribution in [0.25, 0.3) is 0 Å². The van der Waals surface area contributed by atoms with E-state index in [0.717, 1.165) is 17.8 Å². The van der Waals surface area contributed by atoms with Crippen LogP contribution in [0.2, 0.25) is 0 Å². The van der Waals surface area contributed by atoms with E-state index in [-0.39, 0.29) is 17.9 Å². The fourth-order valence-electron chi connectivity index (χ4n) is 1.86. The Kier molecular flexibility index (Phi) is 4.29. The molecule has 0 aliphatic rings. The van der Waals surface area contributed by atoms with E-state index in [1.165, 1.54) is 6.07 Å². The van der Waals surface area contributed by atoms with Crippen molar-refractivity contribution in [3.05, 3.63) is 65.2 Å². The third-order valence-corrected chi connectivity index (χ3v) is 3.06. The van der Waals surface area contributed by atoms with E-state index in [1.54, 1.807) is 36.2 Å². The van der Waals surface area contributed by atoms with E-state index in [2.05, 4.69) is 0 Å². The van der Waals surface area contributed by atoms with Gasteiger partial charge in [0.2, 0.25) is 0 Å². The van der Waals surface area contributed by atoms with Crippen molar-refractivity contribution in [1.29, 1.82) is 5.26 Å². The molecule has 0 fully saturated rings. The third-order valence-electron chi connectivity index (χ3n) is 3.06. The van der Waals surface area contributed by atoms with Gasteiger partial charge in [0, 0.05) is 18.3 Å². The number of likely N-dealkylation sites (N-methyl/N-ethyl adjacent to an activating group) is 1. The molecule has 5 heteroatoms. The number of ketones is 1. The molecule has 0 aromatic heterocycles. The molecule has 2 aromatic carbocycles. The highest BCUT2D eigenvalue weighted by atomic mass is 19.2. The van der Waals surface area contributed by atoms with Crippen molar-refractivity contribution in [2.24, 2.45) is 0 Å². The average molecular weight is 286 g/mol. The lowest BCUT2D eigenvalue weighted by Gasteiger charge is -2.18. The van der Waals surface area contributed by atoms with Gasteiger partial charge < -0.3 is 4.90 Å². The first kappa shape index (κ1) is 14.7. The molecule has 106 valence electrons. The number of halogens is 2. The second-order valence-corrected chi connectivity index (χ2v) is 4.57. The number of benzene rings is 2. The largest absolute Gasteiger partial charge is 0.367 e. The van der Waals surface area contributed by atoms with Crippen molar-refractivity contribution in [1.82, 2.24) is 0 Å². The second-order valence-electron chi connectivity index (χ2n) is 4.57. The number of nitriles is 1. The first-order valence-electron chi connectivity index (χ1n) is 6.21. The smallest absolute Gasteiger partial charge is 0.182 e. The van der Waals surface area contributed by atoms with Gasteiger partial charge in [-0.05, 0) is 42.5 Å². The highest BCUT2D eigenvalue weighted by Gasteiger charge is 2.12. The molecule has 0 unspecified atom stereocenters. The molecule has 0 aliphatic carbocycles. The number of hydrogen-bond donors (Lipinski definition) is 0. The van der Waals surface area contributed by atoms with Crippen LogP contribution in [-0.2, 0) is 0 Å². The summed E-state index contributed by atoms with van der Waals surface area (Å²) in [5.41, 5.74) is 1.40. The number of anilines is 1. The van der Waals surface area contributed by atoms with Gasteiger partial charge >= 0.3 is 0 Å². The summed E-state index contributed by atoms with van der Waals surface area (Å²) in [6, 6.07) is 11.8. The highest BCUT2D eigenvalue weighted by molar-refractivity contribution is 5.99. The van der Waals surface area contributed by atoms with Crippen LogP contribution in [0.1, 0.15) is 15.9 Å². The summed E-state index contributed by atoms with van der Waals surface area (Å²) >= 11 is 0. The first-order valence-corrected chi connectivity index (χ1v) is 6.21. The Morgan fingerprint density at radius 3 is 2.38 bits per heavy atom. The molecule has 0 radical (unpaired) electrons. The topological polar surface area (TPSA) is 44.1 Å². The van der Waals surface area contributed by atoms with Crippen molar-refractivity contribution < 1.29 is 13.6 Å². The Morgan fingerprint density at radius 2 is 1.81 bits per heavy atom. The van der Waals surface area contributed by atoms with Gasteiger partial charge in [-0.2, -0.15) is 5.26 Å². The molecule has 0 spiro atoms. The maximum absolute atomic E-state index is 13.1. The molecule has 2 rings (SSSR count). The normalized spacial score (nSPS) is 10.0. The van der Waals surface area contributed by atoms with Crippen LogP contribution >= 0.6 is 0 Å². The molecule has 0 saturated heterocycles. The van der Waals surface area contributed by atoms with Crippen LogP contribution in [0.15, 0.2) is 42.5 Å². The van der Waals surface area contributed by atoms with Crippen molar-refractivity contribution in [3.8, 4) is 6.07 Å². The van der Waals surface area contributed by atoms with E-state index < -0.39 is 11.6 Å². The Bertz CT molecular complexity index is 705. The van der Waals surface area contributed by atoms with E-state index in [9.17, 15) is 13.6 Å². The summed E-state index contributed by atoms with van der Waals surface area (Å²) in [6.45, 7) is 0.0248. The fraction of sp³-hybridized carbons (Fsp3) is 0.125. The Hall–Kier alpha value is -2.74. The number of nitrogens with zero attached hydrogens (tertiary/aromatic N) is 2. The molecule has 0 amide bonds. The van der Waals surface area contributed by atoms with Gasteiger partial charge in [-0.1, -0.05) is 0 Å². The molecular formula is C16H12F2N2O. The molecule has 0 bridgehead atoms. The Morgan fingerprint density at radius 1 is 1.14 bits per heavy atom. The molecule has 0 aliphatic heterocycles. The molecule has 0 atom stereocenters. The van der Waals surface area contributed by atoms with Gasteiger partial charge in [-0.25, -0.2) is 8.78 Å². The van der Waals surface area contributed by atoms with Crippen molar-refractivity contribution in [2.45, 2.75) is 0 Å². The average Bonchev–Trinajstić information content (AvgIpc) is 2.50. The van der Waals surface area contributed by atoms with Gasteiger partial charge in [-0.3, -0.25) is 4.79 Å². The fourth-order valence-corrected chi connectivity index (χ4v) is 1.86. The minimum Gasteiger partial charge on any atom is -0.367 e. The molecule has 0 heterocycles. The van der Waals surface area contributed by atoms with Crippen LogP contribution in [0, 0.1) is 23.0 Å². The quantitative estimate of drug-likeness (QED) is 0.811. The lowest BCUT2D eigenvalue weighted by atomic mass is 10.1. The van der Waals surface area contributed by atoms with Gasteiger partial charge in [0.1, 0.15) is 0 Å². The summed E-state index contributed by atoms with van der Waals surface area (Å²) < 4.78 is 25.9. The van der Waals surface area contributed by atoms with Gasteiger partial charge in [-0.15, -0.1) is 0 Å². The molecule has 0 saturated carbocycles. The summed E-state index contributed by atoms with van der Waals surface area (Å²) in [6.07, 6.45) is 0. The lowest BCUT2D eigenvalue weighted by molar-refractivity contribution is 0.1000. The number of rotatable bonds is 4. The lowest BCUT2D eigenvalue weighted by Crippen LogP contribution is -2.25. The maximum Gasteiger partial charge on any atom is 0.182 e. The van der Waals surface area contributed by atoms with Gasteiger partial charge in [0.05, 0.1) is 18.2 Å². The zero-order chi connectivity index (χ0) is 15.4. The summed E-state index contributed by atoms with van der Waals surface area (Å²) in [7, 11) is 1.71. The SMILES string of the molecule is CN(CC(=O)c1ccc(F)c(F)c1)c1ccc(C#N)cc1. The van der Waals surface area contributed by atoms with Crippen molar-refractivity contribution in [2.75, 3.05) is 18.5 Å². The standard InChI is InChI=1S/C16H12F2N2O/c1-20(13-5-2-11(9-19)3-6-13)10-16(21)12-4-7-14(17)15(18)8-12/h2-8H,10H2,1H3. The Balaban J connectivity index is 2.10. The number of carbonyl (C=O) groups excluding carboxylic acids is 1. The molecule has 3 nitrogen and oxygen atoms in total. The summed E-state index contributed by atoms with van der Waals surface area (Å²) in [4.78, 5) is 13.7. The zero-order valence-electron chi connectivity index (χ0n) is 11.3. The molecule has 0 N–H and O–H groups in total. The van der Waals surface area contributed by atoms with E-state index in [0.29, 0.717) is 5.56 Å². The minimum atomic E-state index is -1.04. The van der Waals surface area contributed by atoms with Crippen LogP contribution < -0.4 is 4.90 Å². The van der Waals surface area contributed by atoms with E-state index in [1.807, 2.05) is 6.07 Å². The highest BCUT2D eigenvalue weighted by Crippen LogP contribution is 2.15. The van der Waals surface area contributed by atoms with Crippen LogP contribution in [0.5, 0.6) is 0 Å². The van der Waals surface area contributed by atoms with E-state index in [4.69, 9.17) is 5.26 Å². The monoisotopic (exact) mass is 286 g/mol.